The van der Waals surface area contributed by atoms with Gasteiger partial charge in [-0.1, -0.05) is 37.0 Å². The summed E-state index contributed by atoms with van der Waals surface area (Å²) < 4.78 is 11.4. The Balaban J connectivity index is 1.91. The van der Waals surface area contributed by atoms with E-state index < -0.39 is 0 Å². The largest absolute Gasteiger partial charge is 0.379 e. The van der Waals surface area contributed by atoms with Gasteiger partial charge in [0.15, 0.2) is 0 Å². The quantitative estimate of drug-likeness (QED) is 0.761. The zero-order valence-electron chi connectivity index (χ0n) is 10.9. The van der Waals surface area contributed by atoms with Crippen molar-refractivity contribution in [3.05, 3.63) is 35.9 Å². The molecule has 1 aromatic carbocycles. The van der Waals surface area contributed by atoms with Gasteiger partial charge < -0.3 is 9.47 Å². The molecule has 2 atom stereocenters. The van der Waals surface area contributed by atoms with E-state index in [1.54, 1.807) is 0 Å². The van der Waals surface area contributed by atoms with Crippen LogP contribution in [0.2, 0.25) is 0 Å². The first kappa shape index (κ1) is 13.1. The Kier molecular flexibility index (Phi) is 5.26. The van der Waals surface area contributed by atoms with Crippen molar-refractivity contribution < 1.29 is 9.47 Å². The highest BCUT2D eigenvalue weighted by Crippen LogP contribution is 2.13. The molecule has 0 aromatic heterocycles. The number of benzene rings is 1. The third-order valence-electron chi connectivity index (χ3n) is 3.00. The standard InChI is InChI=1S/C16H20O2/c1-2-15(18-16-9-6-12-17-13-16)11-10-14-7-4-3-5-8-14/h3-5,7-8,15-16H,2,6,9,12-13H2,1H3. The van der Waals surface area contributed by atoms with Gasteiger partial charge in [0.05, 0.1) is 12.7 Å². The summed E-state index contributed by atoms with van der Waals surface area (Å²) in [5.41, 5.74) is 1.04. The van der Waals surface area contributed by atoms with Gasteiger partial charge in [-0.3, -0.25) is 0 Å². The van der Waals surface area contributed by atoms with E-state index in [0.717, 1.165) is 31.4 Å². The average Bonchev–Trinajstić information content (AvgIpc) is 2.45. The summed E-state index contributed by atoms with van der Waals surface area (Å²) in [4.78, 5) is 0. The van der Waals surface area contributed by atoms with Gasteiger partial charge in [0.2, 0.25) is 0 Å². The third kappa shape index (κ3) is 4.18. The van der Waals surface area contributed by atoms with E-state index in [4.69, 9.17) is 9.47 Å². The van der Waals surface area contributed by atoms with Crippen LogP contribution in [0.15, 0.2) is 30.3 Å². The Labute approximate surface area is 109 Å². The van der Waals surface area contributed by atoms with Gasteiger partial charge in [0.1, 0.15) is 6.10 Å². The summed E-state index contributed by atoms with van der Waals surface area (Å²) in [6, 6.07) is 10.0. The van der Waals surface area contributed by atoms with Crippen molar-refractivity contribution in [1.82, 2.24) is 0 Å². The normalized spacial score (nSPS) is 20.8. The van der Waals surface area contributed by atoms with E-state index in [9.17, 15) is 0 Å². The van der Waals surface area contributed by atoms with Crippen LogP contribution in [0.3, 0.4) is 0 Å². The number of rotatable bonds is 3. The van der Waals surface area contributed by atoms with Gasteiger partial charge in [-0.2, -0.15) is 0 Å². The van der Waals surface area contributed by atoms with E-state index in [1.807, 2.05) is 30.3 Å². The summed E-state index contributed by atoms with van der Waals surface area (Å²) in [7, 11) is 0. The minimum atomic E-state index is 0.0110. The topological polar surface area (TPSA) is 18.5 Å². The summed E-state index contributed by atoms with van der Waals surface area (Å²) in [6.07, 6.45) is 3.32. The van der Waals surface area contributed by atoms with Gasteiger partial charge >= 0.3 is 0 Å². The zero-order valence-corrected chi connectivity index (χ0v) is 10.9. The van der Waals surface area contributed by atoms with Crippen LogP contribution in [0, 0.1) is 11.8 Å². The first-order valence-corrected chi connectivity index (χ1v) is 6.68. The molecule has 96 valence electrons. The molecule has 2 rings (SSSR count). The van der Waals surface area contributed by atoms with E-state index in [1.165, 1.54) is 0 Å². The van der Waals surface area contributed by atoms with E-state index >= 15 is 0 Å². The van der Waals surface area contributed by atoms with Crippen molar-refractivity contribution in [2.24, 2.45) is 0 Å². The summed E-state index contributed by atoms with van der Waals surface area (Å²) >= 11 is 0. The molecule has 0 bridgehead atoms. The van der Waals surface area contributed by atoms with Crippen LogP contribution in [0.5, 0.6) is 0 Å². The number of hydrogen-bond acceptors (Lipinski definition) is 2. The van der Waals surface area contributed by atoms with Crippen LogP contribution in [0.4, 0.5) is 0 Å². The molecule has 18 heavy (non-hydrogen) atoms. The van der Waals surface area contributed by atoms with Gasteiger partial charge in [-0.05, 0) is 31.4 Å². The molecule has 2 unspecified atom stereocenters. The minimum Gasteiger partial charge on any atom is -0.379 e. The molecule has 0 aliphatic carbocycles. The SMILES string of the molecule is CCC(C#Cc1ccccc1)OC1CCCOC1. The molecule has 0 N–H and O–H groups in total. The van der Waals surface area contributed by atoms with Crippen molar-refractivity contribution >= 4 is 0 Å². The predicted molar refractivity (Wildman–Crippen MR) is 72.3 cm³/mol. The fraction of sp³-hybridized carbons (Fsp3) is 0.500. The van der Waals surface area contributed by atoms with Crippen LogP contribution in [-0.4, -0.2) is 25.4 Å². The molecule has 2 nitrogen and oxygen atoms in total. The summed E-state index contributed by atoms with van der Waals surface area (Å²) in [5.74, 6) is 6.37. The van der Waals surface area contributed by atoms with Crippen LogP contribution < -0.4 is 0 Å². The first-order chi connectivity index (χ1) is 8.88. The Morgan fingerprint density at radius 2 is 2.22 bits per heavy atom. The lowest BCUT2D eigenvalue weighted by Crippen LogP contribution is -2.29. The number of hydrogen-bond donors (Lipinski definition) is 0. The van der Waals surface area contributed by atoms with Crippen LogP contribution in [0.1, 0.15) is 31.7 Å². The molecule has 1 fully saturated rings. The van der Waals surface area contributed by atoms with E-state index in [0.29, 0.717) is 6.61 Å². The van der Waals surface area contributed by atoms with Crippen LogP contribution in [-0.2, 0) is 9.47 Å². The fourth-order valence-corrected chi connectivity index (χ4v) is 1.97. The highest BCUT2D eigenvalue weighted by atomic mass is 16.5. The molecule has 1 aromatic rings. The van der Waals surface area contributed by atoms with Crippen LogP contribution in [0.25, 0.3) is 0 Å². The Hall–Kier alpha value is -1.30. The van der Waals surface area contributed by atoms with Crippen molar-refractivity contribution in [2.45, 2.75) is 38.4 Å². The van der Waals surface area contributed by atoms with Crippen molar-refractivity contribution in [3.63, 3.8) is 0 Å². The molecule has 0 amide bonds. The smallest absolute Gasteiger partial charge is 0.118 e. The van der Waals surface area contributed by atoms with Crippen molar-refractivity contribution in [1.29, 1.82) is 0 Å². The highest BCUT2D eigenvalue weighted by molar-refractivity contribution is 5.34. The monoisotopic (exact) mass is 244 g/mol. The molecule has 1 aliphatic heterocycles. The van der Waals surface area contributed by atoms with Crippen LogP contribution >= 0.6 is 0 Å². The van der Waals surface area contributed by atoms with Crippen molar-refractivity contribution in [2.75, 3.05) is 13.2 Å². The minimum absolute atomic E-state index is 0.0110. The van der Waals surface area contributed by atoms with Crippen molar-refractivity contribution in [3.8, 4) is 11.8 Å². The molecule has 1 heterocycles. The van der Waals surface area contributed by atoms with E-state index in [-0.39, 0.29) is 12.2 Å². The average molecular weight is 244 g/mol. The lowest BCUT2D eigenvalue weighted by atomic mass is 10.1. The fourth-order valence-electron chi connectivity index (χ4n) is 1.97. The second-order valence-corrected chi connectivity index (χ2v) is 4.51. The Morgan fingerprint density at radius 1 is 1.39 bits per heavy atom. The molecular formula is C16H20O2. The van der Waals surface area contributed by atoms with Gasteiger partial charge in [0, 0.05) is 12.2 Å². The second-order valence-electron chi connectivity index (χ2n) is 4.51. The molecule has 0 spiro atoms. The maximum Gasteiger partial charge on any atom is 0.118 e. The van der Waals surface area contributed by atoms with Gasteiger partial charge in [0.25, 0.3) is 0 Å². The summed E-state index contributed by atoms with van der Waals surface area (Å²) in [6.45, 7) is 3.68. The zero-order chi connectivity index (χ0) is 12.6. The third-order valence-corrected chi connectivity index (χ3v) is 3.00. The number of ether oxygens (including phenoxy) is 2. The summed E-state index contributed by atoms with van der Waals surface area (Å²) in [5, 5.41) is 0. The molecule has 1 aliphatic rings. The predicted octanol–water partition coefficient (Wildman–Crippen LogP) is 3.01. The molecule has 0 radical (unpaired) electrons. The van der Waals surface area contributed by atoms with Gasteiger partial charge in [-0.15, -0.1) is 0 Å². The first-order valence-electron chi connectivity index (χ1n) is 6.68. The second kappa shape index (κ2) is 7.20. The lowest BCUT2D eigenvalue weighted by molar-refractivity contribution is -0.0680. The Bertz CT molecular complexity index is 396. The molecule has 2 heteroatoms. The maximum atomic E-state index is 5.96. The maximum absolute atomic E-state index is 5.96. The molecule has 0 saturated carbocycles. The molecular weight excluding hydrogens is 224 g/mol. The van der Waals surface area contributed by atoms with E-state index in [2.05, 4.69) is 18.8 Å². The highest BCUT2D eigenvalue weighted by Gasteiger charge is 2.17. The van der Waals surface area contributed by atoms with Gasteiger partial charge in [-0.25, -0.2) is 0 Å². The Morgan fingerprint density at radius 3 is 2.89 bits per heavy atom. The lowest BCUT2D eigenvalue weighted by Gasteiger charge is -2.24. The molecule has 1 saturated heterocycles.